The number of nitrogens with zero attached hydrogens (tertiary/aromatic N) is 2. The standard InChI is InChI=1S/C20H20N2O2S2/c1-2-10-22-19(23)16-12-17(14-7-4-3-5-8-14)26-18(16)21-20(22)25-13-15-9-6-11-24-15/h2-5,7-8,12,15H,1,6,9-11,13H2. The molecule has 0 saturated carbocycles. The zero-order valence-electron chi connectivity index (χ0n) is 14.4. The molecule has 0 spiro atoms. The second kappa shape index (κ2) is 7.78. The first-order chi connectivity index (χ1) is 12.8. The summed E-state index contributed by atoms with van der Waals surface area (Å²) in [5, 5.41) is 1.43. The number of thiophene rings is 1. The molecule has 6 heteroatoms. The molecular formula is C20H20N2O2S2. The number of thioether (sulfide) groups is 1. The number of hydrogen-bond donors (Lipinski definition) is 0. The van der Waals surface area contributed by atoms with E-state index >= 15 is 0 Å². The summed E-state index contributed by atoms with van der Waals surface area (Å²) in [6, 6.07) is 12.1. The van der Waals surface area contributed by atoms with E-state index in [2.05, 4.69) is 18.7 Å². The SMILES string of the molecule is C=CCn1c(SCC2CCCO2)nc2sc(-c3ccccc3)cc2c1=O. The van der Waals surface area contributed by atoms with Gasteiger partial charge < -0.3 is 4.74 Å². The van der Waals surface area contributed by atoms with Crippen LogP contribution >= 0.6 is 23.1 Å². The summed E-state index contributed by atoms with van der Waals surface area (Å²) in [6.07, 6.45) is 4.20. The van der Waals surface area contributed by atoms with E-state index in [0.29, 0.717) is 11.9 Å². The van der Waals surface area contributed by atoms with Crippen LogP contribution in [0.2, 0.25) is 0 Å². The van der Waals surface area contributed by atoms with E-state index in [1.165, 1.54) is 0 Å². The number of ether oxygens (including phenoxy) is 1. The van der Waals surface area contributed by atoms with Crippen molar-refractivity contribution in [2.75, 3.05) is 12.4 Å². The van der Waals surface area contributed by atoms with Gasteiger partial charge in [0.05, 0.1) is 11.5 Å². The molecule has 3 aromatic rings. The molecule has 0 amide bonds. The van der Waals surface area contributed by atoms with E-state index < -0.39 is 0 Å². The summed E-state index contributed by atoms with van der Waals surface area (Å²) in [5.74, 6) is 0.825. The minimum atomic E-state index is 0.00294. The van der Waals surface area contributed by atoms with E-state index in [1.54, 1.807) is 33.7 Å². The third-order valence-corrected chi connectivity index (χ3v) is 6.59. The second-order valence-corrected chi connectivity index (χ2v) is 8.26. The van der Waals surface area contributed by atoms with E-state index in [0.717, 1.165) is 45.6 Å². The average Bonchev–Trinajstić information content (AvgIpc) is 3.33. The maximum Gasteiger partial charge on any atom is 0.263 e. The average molecular weight is 385 g/mol. The summed E-state index contributed by atoms with van der Waals surface area (Å²) in [4.78, 5) is 19.7. The maximum atomic E-state index is 13.0. The fourth-order valence-corrected chi connectivity index (χ4v) is 5.24. The lowest BCUT2D eigenvalue weighted by Crippen LogP contribution is -2.22. The molecule has 0 bridgehead atoms. The molecule has 26 heavy (non-hydrogen) atoms. The highest BCUT2D eigenvalue weighted by Gasteiger charge is 2.19. The Hall–Kier alpha value is -1.89. The predicted molar refractivity (Wildman–Crippen MR) is 109 cm³/mol. The first-order valence-electron chi connectivity index (χ1n) is 8.71. The van der Waals surface area contributed by atoms with Crippen molar-refractivity contribution in [3.63, 3.8) is 0 Å². The topological polar surface area (TPSA) is 44.1 Å². The zero-order valence-corrected chi connectivity index (χ0v) is 16.0. The van der Waals surface area contributed by atoms with E-state index in [-0.39, 0.29) is 11.7 Å². The molecule has 1 unspecified atom stereocenters. The van der Waals surface area contributed by atoms with Crippen LogP contribution in [0.25, 0.3) is 20.7 Å². The van der Waals surface area contributed by atoms with Gasteiger partial charge in [-0.2, -0.15) is 0 Å². The third kappa shape index (κ3) is 3.49. The van der Waals surface area contributed by atoms with Gasteiger partial charge in [0.25, 0.3) is 5.56 Å². The highest BCUT2D eigenvalue weighted by Crippen LogP contribution is 2.32. The summed E-state index contributed by atoms with van der Waals surface area (Å²) in [7, 11) is 0. The Kier molecular flexibility index (Phi) is 5.24. The van der Waals surface area contributed by atoms with Crippen LogP contribution in [0.1, 0.15) is 12.8 Å². The number of fused-ring (bicyclic) bond motifs is 1. The monoisotopic (exact) mass is 384 g/mol. The van der Waals surface area contributed by atoms with Crippen molar-refractivity contribution >= 4 is 33.3 Å². The quantitative estimate of drug-likeness (QED) is 0.354. The minimum absolute atomic E-state index is 0.00294. The van der Waals surface area contributed by atoms with Gasteiger partial charge in [0.15, 0.2) is 5.16 Å². The normalized spacial score (nSPS) is 17.0. The molecule has 1 aliphatic heterocycles. The van der Waals surface area contributed by atoms with Gasteiger partial charge in [0.2, 0.25) is 0 Å². The van der Waals surface area contributed by atoms with Crippen LogP contribution in [-0.2, 0) is 11.3 Å². The van der Waals surface area contributed by atoms with Crippen LogP contribution in [0, 0.1) is 0 Å². The Morgan fingerprint density at radius 1 is 1.38 bits per heavy atom. The summed E-state index contributed by atoms with van der Waals surface area (Å²) < 4.78 is 7.42. The molecule has 4 rings (SSSR count). The van der Waals surface area contributed by atoms with Crippen molar-refractivity contribution in [1.82, 2.24) is 9.55 Å². The molecule has 0 N–H and O–H groups in total. The number of benzene rings is 1. The molecule has 4 nitrogen and oxygen atoms in total. The first-order valence-corrected chi connectivity index (χ1v) is 10.5. The van der Waals surface area contributed by atoms with Crippen molar-refractivity contribution in [3.8, 4) is 10.4 Å². The molecule has 1 aliphatic rings. The molecule has 134 valence electrons. The van der Waals surface area contributed by atoms with Crippen molar-refractivity contribution < 1.29 is 4.74 Å². The number of aromatic nitrogens is 2. The molecular weight excluding hydrogens is 364 g/mol. The first kappa shape index (κ1) is 17.5. The van der Waals surface area contributed by atoms with Crippen LogP contribution in [0.15, 0.2) is 59.0 Å². The second-order valence-electron chi connectivity index (χ2n) is 6.24. The molecule has 1 saturated heterocycles. The molecule has 0 radical (unpaired) electrons. The molecule has 3 heterocycles. The van der Waals surface area contributed by atoms with Gasteiger partial charge in [-0.25, -0.2) is 4.98 Å². The largest absolute Gasteiger partial charge is 0.377 e. The van der Waals surface area contributed by atoms with Crippen LogP contribution in [0.3, 0.4) is 0 Å². The van der Waals surface area contributed by atoms with Crippen molar-refractivity contribution in [2.24, 2.45) is 0 Å². The Balaban J connectivity index is 1.73. The predicted octanol–water partition coefficient (Wildman–Crippen LogP) is 4.58. The van der Waals surface area contributed by atoms with Gasteiger partial charge >= 0.3 is 0 Å². The summed E-state index contributed by atoms with van der Waals surface area (Å²) in [6.45, 7) is 5.09. The van der Waals surface area contributed by atoms with Crippen LogP contribution < -0.4 is 5.56 Å². The third-order valence-electron chi connectivity index (χ3n) is 4.41. The molecule has 1 aromatic carbocycles. The van der Waals surface area contributed by atoms with Crippen molar-refractivity contribution in [3.05, 3.63) is 59.4 Å². The molecule has 2 aromatic heterocycles. The minimum Gasteiger partial charge on any atom is -0.377 e. The molecule has 0 aliphatic carbocycles. The van der Waals surface area contributed by atoms with Crippen molar-refractivity contribution in [2.45, 2.75) is 30.6 Å². The number of allylic oxidation sites excluding steroid dienone is 1. The van der Waals surface area contributed by atoms with Crippen molar-refractivity contribution in [1.29, 1.82) is 0 Å². The fraction of sp³-hybridized carbons (Fsp3) is 0.300. The summed E-state index contributed by atoms with van der Waals surface area (Å²) in [5.41, 5.74) is 1.11. The lowest BCUT2D eigenvalue weighted by Gasteiger charge is -2.12. The maximum absolute atomic E-state index is 13.0. The summed E-state index contributed by atoms with van der Waals surface area (Å²) >= 11 is 3.17. The van der Waals surface area contributed by atoms with Crippen LogP contribution in [0.5, 0.6) is 0 Å². The number of rotatable bonds is 6. The lowest BCUT2D eigenvalue weighted by atomic mass is 10.2. The molecule has 1 fully saturated rings. The molecule has 1 atom stereocenters. The van der Waals surface area contributed by atoms with Gasteiger partial charge in [-0.3, -0.25) is 9.36 Å². The lowest BCUT2D eigenvalue weighted by molar-refractivity contribution is 0.129. The van der Waals surface area contributed by atoms with Gasteiger partial charge in [0, 0.05) is 23.8 Å². The van der Waals surface area contributed by atoms with Gasteiger partial charge in [-0.1, -0.05) is 48.2 Å². The smallest absolute Gasteiger partial charge is 0.263 e. The van der Waals surface area contributed by atoms with E-state index in [1.807, 2.05) is 24.3 Å². The zero-order chi connectivity index (χ0) is 17.9. The van der Waals surface area contributed by atoms with Gasteiger partial charge in [-0.05, 0) is 24.5 Å². The Bertz CT molecular complexity index is 973. The van der Waals surface area contributed by atoms with Gasteiger partial charge in [-0.15, -0.1) is 17.9 Å². The fourth-order valence-electron chi connectivity index (χ4n) is 3.09. The van der Waals surface area contributed by atoms with E-state index in [4.69, 9.17) is 9.72 Å². The van der Waals surface area contributed by atoms with Crippen LogP contribution in [-0.4, -0.2) is 28.0 Å². The number of hydrogen-bond acceptors (Lipinski definition) is 5. The Labute approximate surface area is 160 Å². The highest BCUT2D eigenvalue weighted by molar-refractivity contribution is 7.99. The Morgan fingerprint density at radius 3 is 2.96 bits per heavy atom. The van der Waals surface area contributed by atoms with Crippen LogP contribution in [0.4, 0.5) is 0 Å². The van der Waals surface area contributed by atoms with E-state index in [9.17, 15) is 4.79 Å². The Morgan fingerprint density at radius 2 is 2.23 bits per heavy atom. The van der Waals surface area contributed by atoms with Gasteiger partial charge in [0.1, 0.15) is 4.83 Å². The highest BCUT2D eigenvalue weighted by atomic mass is 32.2.